The molecule has 106 valence electrons. The van der Waals surface area contributed by atoms with Crippen LogP contribution in [0.25, 0.3) is 11.0 Å². The Kier molecular flexibility index (Phi) is 3.92. The van der Waals surface area contributed by atoms with Crippen molar-refractivity contribution in [1.82, 2.24) is 15.0 Å². The van der Waals surface area contributed by atoms with Crippen molar-refractivity contribution in [2.24, 2.45) is 0 Å². The molecule has 3 aromatic rings. The largest absolute Gasteiger partial charge is 0.369 e. The van der Waals surface area contributed by atoms with Gasteiger partial charge in [0.1, 0.15) is 18.0 Å². The molecule has 1 aromatic carbocycles. The van der Waals surface area contributed by atoms with E-state index in [1.54, 1.807) is 0 Å². The lowest BCUT2D eigenvalue weighted by atomic mass is 10.1. The number of nitrogens with zero attached hydrogens (tertiary/aromatic N) is 3. The van der Waals surface area contributed by atoms with E-state index in [1.807, 2.05) is 24.3 Å². The van der Waals surface area contributed by atoms with Crippen LogP contribution in [0.5, 0.6) is 0 Å². The zero-order chi connectivity index (χ0) is 14.7. The molecule has 1 N–H and O–H groups in total. The van der Waals surface area contributed by atoms with E-state index >= 15 is 0 Å². The number of rotatable bonds is 4. The van der Waals surface area contributed by atoms with Gasteiger partial charge in [-0.05, 0) is 30.2 Å². The lowest BCUT2D eigenvalue weighted by Crippen LogP contribution is -2.07. The zero-order valence-corrected chi connectivity index (χ0v) is 11.8. The van der Waals surface area contributed by atoms with Gasteiger partial charge in [-0.3, -0.25) is 0 Å². The number of hydrogen-bond donors (Lipinski definition) is 1. The summed E-state index contributed by atoms with van der Waals surface area (Å²) in [6.07, 6.45) is 3.37. The molecule has 0 fully saturated rings. The smallest absolute Gasteiger partial charge is 0.164 e. The van der Waals surface area contributed by atoms with Crippen molar-refractivity contribution in [2.45, 2.75) is 6.42 Å². The molecule has 0 aliphatic rings. The van der Waals surface area contributed by atoms with E-state index < -0.39 is 5.82 Å². The standard InChI is InChI=1S/C15H12ClFN4/c16-11-3-1-10(2-4-11)5-6-18-14-13-7-12(17)8-19-15(13)21-9-20-14/h1-4,7-9H,5-6H2,(H,18,19,20,21). The molecule has 6 heteroatoms. The molecule has 0 unspecified atom stereocenters. The molecular weight excluding hydrogens is 291 g/mol. The molecule has 0 aliphatic carbocycles. The normalized spacial score (nSPS) is 10.8. The van der Waals surface area contributed by atoms with Crippen LogP contribution in [0, 0.1) is 5.82 Å². The minimum Gasteiger partial charge on any atom is -0.369 e. The van der Waals surface area contributed by atoms with Crippen LogP contribution in [0.3, 0.4) is 0 Å². The highest BCUT2D eigenvalue weighted by atomic mass is 35.5. The van der Waals surface area contributed by atoms with Crippen molar-refractivity contribution in [1.29, 1.82) is 0 Å². The molecule has 4 nitrogen and oxygen atoms in total. The van der Waals surface area contributed by atoms with Crippen molar-refractivity contribution in [2.75, 3.05) is 11.9 Å². The number of hydrogen-bond acceptors (Lipinski definition) is 4. The van der Waals surface area contributed by atoms with Crippen molar-refractivity contribution < 1.29 is 4.39 Å². The lowest BCUT2D eigenvalue weighted by molar-refractivity contribution is 0.624. The molecule has 21 heavy (non-hydrogen) atoms. The average Bonchev–Trinajstić information content (AvgIpc) is 2.50. The van der Waals surface area contributed by atoms with Gasteiger partial charge in [-0.25, -0.2) is 19.3 Å². The van der Waals surface area contributed by atoms with Gasteiger partial charge in [-0.15, -0.1) is 0 Å². The maximum Gasteiger partial charge on any atom is 0.164 e. The van der Waals surface area contributed by atoms with Gasteiger partial charge in [0, 0.05) is 11.6 Å². The predicted molar refractivity (Wildman–Crippen MR) is 80.9 cm³/mol. The molecule has 2 heterocycles. The quantitative estimate of drug-likeness (QED) is 0.802. The van der Waals surface area contributed by atoms with Gasteiger partial charge in [-0.2, -0.15) is 0 Å². The maximum absolute atomic E-state index is 13.3. The molecule has 0 saturated carbocycles. The van der Waals surface area contributed by atoms with Crippen LogP contribution in [0.1, 0.15) is 5.56 Å². The number of fused-ring (bicyclic) bond motifs is 1. The number of anilines is 1. The first-order chi connectivity index (χ1) is 10.2. The van der Waals surface area contributed by atoms with Crippen LogP contribution < -0.4 is 5.32 Å². The highest BCUT2D eigenvalue weighted by molar-refractivity contribution is 6.30. The topological polar surface area (TPSA) is 50.7 Å². The zero-order valence-electron chi connectivity index (χ0n) is 11.1. The van der Waals surface area contributed by atoms with E-state index in [-0.39, 0.29) is 0 Å². The minimum absolute atomic E-state index is 0.405. The van der Waals surface area contributed by atoms with Gasteiger partial charge in [0.05, 0.1) is 11.6 Å². The summed E-state index contributed by atoms with van der Waals surface area (Å²) in [4.78, 5) is 12.1. The molecule has 0 aliphatic heterocycles. The van der Waals surface area contributed by atoms with Gasteiger partial charge in [0.15, 0.2) is 5.65 Å². The first kappa shape index (κ1) is 13.7. The Bertz CT molecular complexity index is 761. The Morgan fingerprint density at radius 1 is 1.10 bits per heavy atom. The SMILES string of the molecule is Fc1cnc2ncnc(NCCc3ccc(Cl)cc3)c2c1. The molecule has 0 amide bonds. The average molecular weight is 303 g/mol. The van der Waals surface area contributed by atoms with E-state index in [4.69, 9.17) is 11.6 Å². The van der Waals surface area contributed by atoms with Crippen molar-refractivity contribution in [3.8, 4) is 0 Å². The summed E-state index contributed by atoms with van der Waals surface area (Å²) in [6.45, 7) is 0.671. The third-order valence-corrected chi connectivity index (χ3v) is 3.33. The molecular formula is C15H12ClFN4. The predicted octanol–water partition coefficient (Wildman–Crippen LogP) is 3.47. The number of halogens is 2. The second kappa shape index (κ2) is 6.01. The summed E-state index contributed by atoms with van der Waals surface area (Å²) in [7, 11) is 0. The molecule has 0 spiro atoms. The fourth-order valence-electron chi connectivity index (χ4n) is 2.04. The van der Waals surface area contributed by atoms with E-state index in [2.05, 4.69) is 20.3 Å². The number of nitrogens with one attached hydrogen (secondary N) is 1. The van der Waals surface area contributed by atoms with Crippen molar-refractivity contribution >= 4 is 28.5 Å². The monoisotopic (exact) mass is 302 g/mol. The Hall–Kier alpha value is -2.27. The second-order valence-electron chi connectivity index (χ2n) is 4.55. The highest BCUT2D eigenvalue weighted by Gasteiger charge is 2.05. The van der Waals surface area contributed by atoms with Crippen molar-refractivity contribution in [3.05, 3.63) is 59.3 Å². The molecule has 0 atom stereocenters. The molecule has 2 aromatic heterocycles. The summed E-state index contributed by atoms with van der Waals surface area (Å²) in [5.74, 6) is 0.180. The molecule has 3 rings (SSSR count). The van der Waals surface area contributed by atoms with Crippen LogP contribution in [-0.2, 0) is 6.42 Å². The molecule has 0 radical (unpaired) electrons. The van der Waals surface area contributed by atoms with Gasteiger partial charge in [-0.1, -0.05) is 23.7 Å². The van der Waals surface area contributed by atoms with E-state index in [0.29, 0.717) is 23.4 Å². The van der Waals surface area contributed by atoms with Gasteiger partial charge in [0.25, 0.3) is 0 Å². The summed E-state index contributed by atoms with van der Waals surface area (Å²) < 4.78 is 13.3. The van der Waals surface area contributed by atoms with Crippen LogP contribution in [0.15, 0.2) is 42.9 Å². The van der Waals surface area contributed by atoms with Crippen LogP contribution >= 0.6 is 11.6 Å². The fraction of sp³-hybridized carbons (Fsp3) is 0.133. The Labute approximate surface area is 126 Å². The maximum atomic E-state index is 13.3. The second-order valence-corrected chi connectivity index (χ2v) is 4.99. The summed E-state index contributed by atoms with van der Waals surface area (Å²) in [5.41, 5.74) is 1.63. The van der Waals surface area contributed by atoms with Gasteiger partial charge >= 0.3 is 0 Å². The van der Waals surface area contributed by atoms with E-state index in [9.17, 15) is 4.39 Å². The molecule has 0 bridgehead atoms. The van der Waals surface area contributed by atoms with Crippen LogP contribution in [0.4, 0.5) is 10.2 Å². The number of pyridine rings is 1. The summed E-state index contributed by atoms with van der Waals surface area (Å²) in [6, 6.07) is 9.05. The molecule has 0 saturated heterocycles. The minimum atomic E-state index is -0.405. The Morgan fingerprint density at radius 2 is 1.90 bits per heavy atom. The summed E-state index contributed by atoms with van der Waals surface area (Å²) >= 11 is 5.85. The van der Waals surface area contributed by atoms with Crippen LogP contribution in [0.2, 0.25) is 5.02 Å². The van der Waals surface area contributed by atoms with Crippen LogP contribution in [-0.4, -0.2) is 21.5 Å². The Balaban J connectivity index is 1.73. The number of aromatic nitrogens is 3. The Morgan fingerprint density at radius 3 is 2.71 bits per heavy atom. The van der Waals surface area contributed by atoms with E-state index in [1.165, 1.54) is 12.4 Å². The first-order valence-corrected chi connectivity index (χ1v) is 6.85. The van der Waals surface area contributed by atoms with Gasteiger partial charge in [0.2, 0.25) is 0 Å². The lowest BCUT2D eigenvalue weighted by Gasteiger charge is -2.08. The first-order valence-electron chi connectivity index (χ1n) is 6.47. The fourth-order valence-corrected chi connectivity index (χ4v) is 2.16. The third-order valence-electron chi connectivity index (χ3n) is 3.07. The summed E-state index contributed by atoms with van der Waals surface area (Å²) in [5, 5.41) is 4.48. The van der Waals surface area contributed by atoms with Gasteiger partial charge < -0.3 is 5.32 Å². The third kappa shape index (κ3) is 3.25. The highest BCUT2D eigenvalue weighted by Crippen LogP contribution is 2.18. The van der Waals surface area contributed by atoms with E-state index in [0.717, 1.165) is 23.2 Å². The van der Waals surface area contributed by atoms with Crippen molar-refractivity contribution in [3.63, 3.8) is 0 Å². The number of benzene rings is 1.